The molecule has 0 saturated carbocycles. The number of primary amides is 1. The molecule has 12 heteroatoms. The molecule has 0 fully saturated rings. The van der Waals surface area contributed by atoms with Gasteiger partial charge in [-0.2, -0.15) is 0 Å². The van der Waals surface area contributed by atoms with E-state index < -0.39 is 47.7 Å². The van der Waals surface area contributed by atoms with Crippen LogP contribution in [0.3, 0.4) is 0 Å². The van der Waals surface area contributed by atoms with Gasteiger partial charge in [0.1, 0.15) is 18.1 Å². The Bertz CT molecular complexity index is 615. The van der Waals surface area contributed by atoms with Crippen molar-refractivity contribution < 1.29 is 29.1 Å². The van der Waals surface area contributed by atoms with Gasteiger partial charge in [0.25, 0.3) is 0 Å². The van der Waals surface area contributed by atoms with Crippen LogP contribution in [-0.2, 0) is 24.0 Å². The number of hydrogen-bond acceptors (Lipinski definition) is 7. The number of carbonyl (C=O) groups is 5. The average molecular weight is 445 g/mol. The number of nitrogens with one attached hydrogen (secondary N) is 3. The van der Waals surface area contributed by atoms with Crippen molar-refractivity contribution in [3.05, 3.63) is 0 Å². The molecular weight excluding hydrogens is 408 g/mol. The van der Waals surface area contributed by atoms with Gasteiger partial charge in [-0.15, -0.1) is 0 Å². The van der Waals surface area contributed by atoms with Crippen LogP contribution in [0.1, 0.15) is 58.3 Å². The van der Waals surface area contributed by atoms with Crippen LogP contribution in [0.2, 0.25) is 0 Å². The lowest BCUT2D eigenvalue weighted by Gasteiger charge is -2.24. The summed E-state index contributed by atoms with van der Waals surface area (Å²) in [5.74, 6) is -3.67. The average Bonchev–Trinajstić information content (AvgIpc) is 2.68. The van der Waals surface area contributed by atoms with Crippen molar-refractivity contribution in [1.82, 2.24) is 16.0 Å². The summed E-state index contributed by atoms with van der Waals surface area (Å²) in [7, 11) is 0. The van der Waals surface area contributed by atoms with Gasteiger partial charge in [0.05, 0.1) is 0 Å². The molecule has 31 heavy (non-hydrogen) atoms. The van der Waals surface area contributed by atoms with E-state index in [1.165, 1.54) is 6.92 Å². The lowest BCUT2D eigenvalue weighted by atomic mass is 10.0. The number of unbranched alkanes of at least 4 members (excludes halogenated alkanes) is 2. The summed E-state index contributed by atoms with van der Waals surface area (Å²) in [6.45, 7) is 2.11. The minimum atomic E-state index is -1.22. The molecule has 12 nitrogen and oxygen atoms in total. The van der Waals surface area contributed by atoms with Crippen molar-refractivity contribution in [1.29, 1.82) is 0 Å². The maximum atomic E-state index is 12.7. The van der Waals surface area contributed by atoms with Gasteiger partial charge in [0.15, 0.2) is 0 Å². The summed E-state index contributed by atoms with van der Waals surface area (Å²) in [5.41, 5.74) is 16.2. The second kappa shape index (κ2) is 16.0. The first-order valence-corrected chi connectivity index (χ1v) is 10.4. The zero-order valence-corrected chi connectivity index (χ0v) is 18.0. The molecule has 0 bridgehead atoms. The molecule has 0 radical (unpaired) electrons. The van der Waals surface area contributed by atoms with Crippen molar-refractivity contribution >= 4 is 29.6 Å². The number of carboxylic acid groups (broad SMARTS) is 1. The molecule has 10 N–H and O–H groups in total. The summed E-state index contributed by atoms with van der Waals surface area (Å²) in [5, 5.41) is 16.4. The fraction of sp³-hybridized carbons (Fsp3) is 0.737. The normalized spacial score (nSPS) is 13.5. The van der Waals surface area contributed by atoms with Crippen molar-refractivity contribution in [2.45, 2.75) is 76.4 Å². The topological polar surface area (TPSA) is 220 Å². The van der Waals surface area contributed by atoms with Crippen LogP contribution in [0.25, 0.3) is 0 Å². The zero-order valence-electron chi connectivity index (χ0n) is 18.0. The van der Waals surface area contributed by atoms with Gasteiger partial charge in [-0.05, 0) is 58.0 Å². The highest BCUT2D eigenvalue weighted by Crippen LogP contribution is 2.06. The Labute approximate surface area is 182 Å². The summed E-state index contributed by atoms with van der Waals surface area (Å²) in [4.78, 5) is 59.4. The van der Waals surface area contributed by atoms with E-state index in [2.05, 4.69) is 16.0 Å². The van der Waals surface area contributed by atoms with Crippen LogP contribution in [-0.4, -0.2) is 65.9 Å². The van der Waals surface area contributed by atoms with Crippen LogP contribution in [0.15, 0.2) is 0 Å². The van der Waals surface area contributed by atoms with Gasteiger partial charge >= 0.3 is 5.97 Å². The first-order valence-electron chi connectivity index (χ1n) is 10.4. The first kappa shape index (κ1) is 28.3. The van der Waals surface area contributed by atoms with Gasteiger partial charge in [-0.1, -0.05) is 0 Å². The van der Waals surface area contributed by atoms with Crippen molar-refractivity contribution in [2.75, 3.05) is 13.1 Å². The van der Waals surface area contributed by atoms with E-state index >= 15 is 0 Å². The maximum Gasteiger partial charge on any atom is 0.303 e. The highest BCUT2D eigenvalue weighted by molar-refractivity contribution is 5.94. The predicted molar refractivity (Wildman–Crippen MR) is 113 cm³/mol. The molecule has 0 unspecified atom stereocenters. The van der Waals surface area contributed by atoms with E-state index in [1.807, 2.05) is 0 Å². The van der Waals surface area contributed by atoms with Crippen molar-refractivity contribution in [2.24, 2.45) is 17.2 Å². The molecule has 0 spiro atoms. The fourth-order valence-corrected chi connectivity index (χ4v) is 2.87. The molecule has 3 atom stereocenters. The van der Waals surface area contributed by atoms with E-state index in [4.69, 9.17) is 22.3 Å². The summed E-state index contributed by atoms with van der Waals surface area (Å²) in [6.07, 6.45) is 2.41. The number of hydrogen-bond donors (Lipinski definition) is 7. The molecular formula is C19H36N6O6. The van der Waals surface area contributed by atoms with Crippen LogP contribution in [0.5, 0.6) is 0 Å². The number of carbonyl (C=O) groups excluding carboxylic acids is 4. The van der Waals surface area contributed by atoms with Gasteiger partial charge < -0.3 is 38.3 Å². The number of rotatable bonds is 17. The number of amides is 4. The first-order chi connectivity index (χ1) is 14.6. The standard InChI is InChI=1S/C19H36N6O6/c1-12(26)23-14(7-3-5-11-21)18(30)25-15(8-9-16(27)28)19(31)24-13(17(22)29)6-2-4-10-20/h13-15H,2-11,20-21H2,1H3,(H2,22,29)(H,23,26)(H,24,31)(H,25,30)(H,27,28)/t13-,14-,15-/m0/s1. The Morgan fingerprint density at radius 3 is 1.61 bits per heavy atom. The van der Waals surface area contributed by atoms with Gasteiger partial charge in [-0.3, -0.25) is 24.0 Å². The van der Waals surface area contributed by atoms with E-state index in [1.54, 1.807) is 0 Å². The molecule has 0 saturated heterocycles. The summed E-state index contributed by atoms with van der Waals surface area (Å²) >= 11 is 0. The third-order valence-corrected chi connectivity index (χ3v) is 4.53. The predicted octanol–water partition coefficient (Wildman–Crippen LogP) is -1.93. The van der Waals surface area contributed by atoms with Gasteiger partial charge in [0, 0.05) is 13.3 Å². The Morgan fingerprint density at radius 1 is 0.742 bits per heavy atom. The Balaban J connectivity index is 5.27. The Hall–Kier alpha value is -2.73. The molecule has 4 amide bonds. The molecule has 0 rings (SSSR count). The molecule has 0 aliphatic carbocycles. The smallest absolute Gasteiger partial charge is 0.303 e. The second-order valence-corrected chi connectivity index (χ2v) is 7.28. The summed E-state index contributed by atoms with van der Waals surface area (Å²) in [6, 6.07) is -3.09. The zero-order chi connectivity index (χ0) is 23.8. The molecule has 0 aromatic rings. The minimum absolute atomic E-state index is 0.198. The van der Waals surface area contributed by atoms with E-state index in [9.17, 15) is 24.0 Å². The molecule has 178 valence electrons. The minimum Gasteiger partial charge on any atom is -0.481 e. The summed E-state index contributed by atoms with van der Waals surface area (Å²) < 4.78 is 0. The molecule has 0 aliphatic heterocycles. The Morgan fingerprint density at radius 2 is 1.19 bits per heavy atom. The second-order valence-electron chi connectivity index (χ2n) is 7.28. The number of aliphatic carboxylic acids is 1. The van der Waals surface area contributed by atoms with Crippen LogP contribution in [0.4, 0.5) is 0 Å². The van der Waals surface area contributed by atoms with E-state index in [0.29, 0.717) is 45.2 Å². The third kappa shape index (κ3) is 13.2. The monoisotopic (exact) mass is 444 g/mol. The largest absolute Gasteiger partial charge is 0.481 e. The SMILES string of the molecule is CC(=O)N[C@@H](CCCCN)C(=O)N[C@@H](CCC(=O)O)C(=O)N[C@@H](CCCCN)C(N)=O. The van der Waals surface area contributed by atoms with Gasteiger partial charge in [-0.25, -0.2) is 0 Å². The number of nitrogens with two attached hydrogens (primary N) is 3. The van der Waals surface area contributed by atoms with Crippen molar-refractivity contribution in [3.63, 3.8) is 0 Å². The molecule has 0 aromatic heterocycles. The van der Waals surface area contributed by atoms with Crippen molar-refractivity contribution in [3.8, 4) is 0 Å². The Kier molecular flexibility index (Phi) is 14.6. The quantitative estimate of drug-likeness (QED) is 0.125. The maximum absolute atomic E-state index is 12.7. The highest BCUT2D eigenvalue weighted by Gasteiger charge is 2.28. The van der Waals surface area contributed by atoms with Crippen LogP contribution < -0.4 is 33.2 Å². The fourth-order valence-electron chi connectivity index (χ4n) is 2.87. The molecule has 0 aliphatic rings. The van der Waals surface area contributed by atoms with E-state index in [-0.39, 0.29) is 19.3 Å². The lowest BCUT2D eigenvalue weighted by Crippen LogP contribution is -2.56. The van der Waals surface area contributed by atoms with E-state index in [0.717, 1.165) is 0 Å². The third-order valence-electron chi connectivity index (χ3n) is 4.53. The molecule has 0 aromatic carbocycles. The van der Waals surface area contributed by atoms with Crippen LogP contribution in [0, 0.1) is 0 Å². The van der Waals surface area contributed by atoms with Crippen LogP contribution >= 0.6 is 0 Å². The molecule has 0 heterocycles. The number of carboxylic acids is 1. The lowest BCUT2D eigenvalue weighted by molar-refractivity contribution is -0.138. The van der Waals surface area contributed by atoms with Gasteiger partial charge in [0.2, 0.25) is 23.6 Å². The highest BCUT2D eigenvalue weighted by atomic mass is 16.4.